The van der Waals surface area contributed by atoms with E-state index in [0.29, 0.717) is 27.3 Å². The van der Waals surface area contributed by atoms with Crippen molar-refractivity contribution in [2.45, 2.75) is 5.88 Å². The Hall–Kier alpha value is -0.780. The second-order valence-corrected chi connectivity index (χ2v) is 5.85. The number of rotatable bonds is 4. The zero-order chi connectivity index (χ0) is 14.7. The first-order chi connectivity index (χ1) is 9.56. The summed E-state index contributed by atoms with van der Waals surface area (Å²) < 4.78 is 26.0. The molecule has 0 aliphatic heterocycles. The van der Waals surface area contributed by atoms with Crippen LogP contribution >= 0.6 is 43.5 Å². The molecule has 2 rings (SSSR count). The van der Waals surface area contributed by atoms with E-state index in [9.17, 15) is 4.39 Å². The predicted octanol–water partition coefficient (Wildman–Crippen LogP) is 5.89. The van der Waals surface area contributed by atoms with Crippen molar-refractivity contribution in [3.05, 3.63) is 50.7 Å². The summed E-state index contributed by atoms with van der Waals surface area (Å²) in [6.07, 6.45) is 0. The molecule has 2 aromatic rings. The number of hydrogen-bond donors (Lipinski definition) is 0. The number of halogens is 4. The highest BCUT2D eigenvalue weighted by atomic mass is 79.9. The number of hydrogen-bond acceptors (Lipinski definition) is 2. The Morgan fingerprint density at radius 1 is 1.10 bits per heavy atom. The van der Waals surface area contributed by atoms with Crippen LogP contribution in [0, 0.1) is 5.82 Å². The highest BCUT2D eigenvalue weighted by Crippen LogP contribution is 2.39. The molecular weight excluding hydrogens is 414 g/mol. The molecule has 0 saturated heterocycles. The van der Waals surface area contributed by atoms with E-state index < -0.39 is 0 Å². The monoisotopic (exact) mass is 422 g/mol. The van der Waals surface area contributed by atoms with E-state index in [1.165, 1.54) is 6.07 Å². The minimum atomic E-state index is -0.388. The molecule has 0 unspecified atom stereocenters. The Bertz CT molecular complexity index is 635. The highest BCUT2D eigenvalue weighted by Gasteiger charge is 2.13. The van der Waals surface area contributed by atoms with Gasteiger partial charge in [0.25, 0.3) is 0 Å². The standard InChI is InChI=1S/C14H10Br2ClFO2/c1-19-13-5-10(16)14(6-9(13)15)20-12-4-2-3-11(18)8(12)7-17/h2-6H,7H2,1H3. The van der Waals surface area contributed by atoms with Gasteiger partial charge in [0.05, 0.1) is 21.9 Å². The molecule has 2 nitrogen and oxygen atoms in total. The largest absolute Gasteiger partial charge is 0.496 e. The molecular formula is C14H10Br2ClFO2. The van der Waals surface area contributed by atoms with Crippen molar-refractivity contribution in [2.75, 3.05) is 7.11 Å². The molecule has 0 heterocycles. The maximum Gasteiger partial charge on any atom is 0.143 e. The summed E-state index contributed by atoms with van der Waals surface area (Å²) in [6, 6.07) is 8.10. The molecule has 0 aromatic heterocycles. The van der Waals surface area contributed by atoms with Crippen LogP contribution in [0.3, 0.4) is 0 Å². The van der Waals surface area contributed by atoms with Crippen molar-refractivity contribution >= 4 is 43.5 Å². The van der Waals surface area contributed by atoms with Crippen LogP contribution in [0.5, 0.6) is 17.2 Å². The maximum atomic E-state index is 13.6. The van der Waals surface area contributed by atoms with Gasteiger partial charge in [-0.25, -0.2) is 4.39 Å². The van der Waals surface area contributed by atoms with Crippen molar-refractivity contribution < 1.29 is 13.9 Å². The molecule has 0 amide bonds. The molecule has 0 N–H and O–H groups in total. The van der Waals surface area contributed by atoms with Crippen molar-refractivity contribution in [3.63, 3.8) is 0 Å². The van der Waals surface area contributed by atoms with Gasteiger partial charge in [0.15, 0.2) is 0 Å². The van der Waals surface area contributed by atoms with Crippen LogP contribution in [0.25, 0.3) is 0 Å². The molecule has 0 aliphatic carbocycles. The third-order valence-corrected chi connectivity index (χ3v) is 4.14. The van der Waals surface area contributed by atoms with Gasteiger partial charge in [-0.05, 0) is 56.1 Å². The van der Waals surface area contributed by atoms with Crippen molar-refractivity contribution in [1.29, 1.82) is 0 Å². The van der Waals surface area contributed by atoms with Crippen molar-refractivity contribution in [2.24, 2.45) is 0 Å². The molecule has 0 aliphatic rings. The molecule has 106 valence electrons. The van der Waals surface area contributed by atoms with E-state index in [1.807, 2.05) is 0 Å². The van der Waals surface area contributed by atoms with Gasteiger partial charge in [0.1, 0.15) is 23.1 Å². The van der Waals surface area contributed by atoms with Gasteiger partial charge in [0, 0.05) is 5.56 Å². The Morgan fingerprint density at radius 2 is 1.75 bits per heavy atom. The summed E-state index contributed by atoms with van der Waals surface area (Å²) in [5, 5.41) is 0. The average Bonchev–Trinajstić information content (AvgIpc) is 2.42. The fourth-order valence-corrected chi connectivity index (χ4v) is 2.77. The highest BCUT2D eigenvalue weighted by molar-refractivity contribution is 9.11. The summed E-state index contributed by atoms with van der Waals surface area (Å²) in [6.45, 7) is 0. The van der Waals surface area contributed by atoms with Gasteiger partial charge in [-0.15, -0.1) is 11.6 Å². The Morgan fingerprint density at radius 3 is 2.40 bits per heavy atom. The smallest absolute Gasteiger partial charge is 0.143 e. The Labute approximate surface area is 138 Å². The van der Waals surface area contributed by atoms with E-state index in [2.05, 4.69) is 31.9 Å². The first-order valence-electron chi connectivity index (χ1n) is 5.61. The topological polar surface area (TPSA) is 18.5 Å². The van der Waals surface area contributed by atoms with Crippen LogP contribution in [0.1, 0.15) is 5.56 Å². The van der Waals surface area contributed by atoms with E-state index in [1.54, 1.807) is 31.4 Å². The summed E-state index contributed by atoms with van der Waals surface area (Å²) in [5.41, 5.74) is 0.327. The second-order valence-electron chi connectivity index (χ2n) is 3.87. The van der Waals surface area contributed by atoms with Crippen LogP contribution in [-0.4, -0.2) is 7.11 Å². The zero-order valence-electron chi connectivity index (χ0n) is 10.4. The van der Waals surface area contributed by atoms with Crippen molar-refractivity contribution in [1.82, 2.24) is 0 Å². The third kappa shape index (κ3) is 3.27. The van der Waals surface area contributed by atoms with E-state index >= 15 is 0 Å². The SMILES string of the molecule is COc1cc(Br)c(Oc2cccc(F)c2CCl)cc1Br. The summed E-state index contributed by atoms with van der Waals surface area (Å²) in [4.78, 5) is 0. The summed E-state index contributed by atoms with van der Waals surface area (Å²) in [7, 11) is 1.57. The minimum Gasteiger partial charge on any atom is -0.496 e. The normalized spacial score (nSPS) is 10.4. The lowest BCUT2D eigenvalue weighted by atomic mass is 10.2. The fraction of sp³-hybridized carbons (Fsp3) is 0.143. The number of ether oxygens (including phenoxy) is 2. The average molecular weight is 424 g/mol. The Kier molecular flexibility index (Phi) is 5.29. The minimum absolute atomic E-state index is 0.0386. The van der Waals surface area contributed by atoms with Crippen LogP contribution < -0.4 is 9.47 Å². The molecule has 2 aromatic carbocycles. The first kappa shape index (κ1) is 15.6. The molecule has 20 heavy (non-hydrogen) atoms. The number of methoxy groups -OCH3 is 1. The van der Waals surface area contributed by atoms with Gasteiger partial charge >= 0.3 is 0 Å². The molecule has 0 spiro atoms. The number of alkyl halides is 1. The quantitative estimate of drug-likeness (QED) is 0.570. The molecule has 0 fully saturated rings. The molecule has 0 saturated carbocycles. The van der Waals surface area contributed by atoms with Crippen LogP contribution in [0.2, 0.25) is 0 Å². The lowest BCUT2D eigenvalue weighted by Gasteiger charge is -2.13. The third-order valence-electron chi connectivity index (χ3n) is 2.64. The summed E-state index contributed by atoms with van der Waals surface area (Å²) >= 11 is 12.5. The number of benzene rings is 2. The predicted molar refractivity (Wildman–Crippen MR) is 84.4 cm³/mol. The van der Waals surface area contributed by atoms with Crippen molar-refractivity contribution in [3.8, 4) is 17.2 Å². The lowest BCUT2D eigenvalue weighted by molar-refractivity contribution is 0.409. The van der Waals surface area contributed by atoms with Crippen LogP contribution in [0.15, 0.2) is 39.3 Å². The zero-order valence-corrected chi connectivity index (χ0v) is 14.4. The van der Waals surface area contributed by atoms with Gasteiger partial charge < -0.3 is 9.47 Å². The lowest BCUT2D eigenvalue weighted by Crippen LogP contribution is -1.94. The van der Waals surface area contributed by atoms with Crippen LogP contribution in [0.4, 0.5) is 4.39 Å². The molecule has 0 radical (unpaired) electrons. The second kappa shape index (κ2) is 6.78. The molecule has 0 bridgehead atoms. The first-order valence-corrected chi connectivity index (χ1v) is 7.73. The van der Waals surface area contributed by atoms with Gasteiger partial charge in [-0.2, -0.15) is 0 Å². The van der Waals surface area contributed by atoms with Gasteiger partial charge in [-0.1, -0.05) is 6.07 Å². The Balaban J connectivity index is 2.40. The van der Waals surface area contributed by atoms with E-state index in [-0.39, 0.29) is 11.7 Å². The van der Waals surface area contributed by atoms with Crippen LogP contribution in [-0.2, 0) is 5.88 Å². The van der Waals surface area contributed by atoms with E-state index in [4.69, 9.17) is 21.1 Å². The summed E-state index contributed by atoms with van der Waals surface area (Å²) in [5.74, 6) is 1.24. The van der Waals surface area contributed by atoms with Gasteiger partial charge in [-0.3, -0.25) is 0 Å². The molecule has 0 atom stereocenters. The van der Waals surface area contributed by atoms with E-state index in [0.717, 1.165) is 4.47 Å². The van der Waals surface area contributed by atoms with Gasteiger partial charge in [0.2, 0.25) is 0 Å². The molecule has 6 heteroatoms. The fourth-order valence-electron chi connectivity index (χ4n) is 1.63. The maximum absolute atomic E-state index is 13.6.